The molecule has 2 heteroatoms. The van der Waals surface area contributed by atoms with Gasteiger partial charge in [-0.3, -0.25) is 4.79 Å². The molecule has 0 radical (unpaired) electrons. The van der Waals surface area contributed by atoms with Crippen molar-refractivity contribution in [3.63, 3.8) is 0 Å². The highest BCUT2D eigenvalue weighted by atomic mass is 16.1. The average Bonchev–Trinajstić information content (AvgIpc) is 2.40. The molecular weight excluding hydrogens is 222 g/mol. The molecule has 90 valence electrons. The molecule has 0 bridgehead atoms. The molecule has 2 heterocycles. The standard InChI is InChI=1S/C16H15NO/c1-12-11-15(18)16(13-7-3-2-4-8-13)14-9-5-6-10-17(12)14/h2-11,14,16H,1H3. The van der Waals surface area contributed by atoms with Gasteiger partial charge < -0.3 is 4.90 Å². The zero-order chi connectivity index (χ0) is 12.5. The molecule has 2 nitrogen and oxygen atoms in total. The maximum absolute atomic E-state index is 12.3. The van der Waals surface area contributed by atoms with Crippen molar-refractivity contribution in [3.8, 4) is 0 Å². The number of allylic oxidation sites excluding steroid dienone is 4. The van der Waals surface area contributed by atoms with Gasteiger partial charge in [-0.25, -0.2) is 0 Å². The summed E-state index contributed by atoms with van der Waals surface area (Å²) in [7, 11) is 0. The van der Waals surface area contributed by atoms with Gasteiger partial charge in [0.15, 0.2) is 5.78 Å². The molecule has 1 aromatic carbocycles. The predicted octanol–water partition coefficient (Wildman–Crippen LogP) is 3.01. The van der Waals surface area contributed by atoms with Crippen molar-refractivity contribution in [2.45, 2.75) is 18.9 Å². The third-order valence-corrected chi connectivity index (χ3v) is 3.55. The molecule has 3 rings (SSSR count). The van der Waals surface area contributed by atoms with Crippen molar-refractivity contribution in [1.29, 1.82) is 0 Å². The first-order valence-corrected chi connectivity index (χ1v) is 6.18. The van der Waals surface area contributed by atoms with Crippen LogP contribution in [0.25, 0.3) is 0 Å². The van der Waals surface area contributed by atoms with E-state index in [0.29, 0.717) is 0 Å². The topological polar surface area (TPSA) is 20.3 Å². The van der Waals surface area contributed by atoms with Crippen LogP contribution in [0.3, 0.4) is 0 Å². The third-order valence-electron chi connectivity index (χ3n) is 3.55. The first-order chi connectivity index (χ1) is 8.77. The van der Waals surface area contributed by atoms with Gasteiger partial charge >= 0.3 is 0 Å². The molecule has 0 fully saturated rings. The zero-order valence-corrected chi connectivity index (χ0v) is 10.3. The predicted molar refractivity (Wildman–Crippen MR) is 71.9 cm³/mol. The van der Waals surface area contributed by atoms with Crippen molar-refractivity contribution in [1.82, 2.24) is 4.90 Å². The van der Waals surface area contributed by atoms with E-state index in [2.05, 4.69) is 11.0 Å². The van der Waals surface area contributed by atoms with E-state index < -0.39 is 0 Å². The van der Waals surface area contributed by atoms with Crippen LogP contribution in [0.15, 0.2) is 66.5 Å². The molecule has 2 atom stereocenters. The number of benzene rings is 1. The van der Waals surface area contributed by atoms with Gasteiger partial charge in [0.25, 0.3) is 0 Å². The van der Waals surface area contributed by atoms with E-state index in [1.165, 1.54) is 0 Å². The van der Waals surface area contributed by atoms with E-state index in [1.807, 2.05) is 55.6 Å². The molecule has 2 unspecified atom stereocenters. The van der Waals surface area contributed by atoms with Crippen molar-refractivity contribution < 1.29 is 4.79 Å². The minimum absolute atomic E-state index is 0.101. The highest BCUT2D eigenvalue weighted by Gasteiger charge is 2.35. The number of rotatable bonds is 1. The van der Waals surface area contributed by atoms with Crippen molar-refractivity contribution in [3.05, 3.63) is 72.1 Å². The van der Waals surface area contributed by atoms with Crippen LogP contribution in [-0.4, -0.2) is 16.7 Å². The Labute approximate surface area is 107 Å². The molecule has 0 saturated carbocycles. The molecule has 0 saturated heterocycles. The van der Waals surface area contributed by atoms with Crippen LogP contribution >= 0.6 is 0 Å². The Balaban J connectivity index is 2.07. The monoisotopic (exact) mass is 237 g/mol. The summed E-state index contributed by atoms with van der Waals surface area (Å²) in [4.78, 5) is 14.5. The average molecular weight is 237 g/mol. The van der Waals surface area contributed by atoms with Crippen LogP contribution in [0.2, 0.25) is 0 Å². The Morgan fingerprint density at radius 3 is 2.67 bits per heavy atom. The lowest BCUT2D eigenvalue weighted by Crippen LogP contribution is -2.41. The van der Waals surface area contributed by atoms with Crippen molar-refractivity contribution in [2.75, 3.05) is 0 Å². The maximum Gasteiger partial charge on any atom is 0.167 e. The van der Waals surface area contributed by atoms with E-state index in [0.717, 1.165) is 11.3 Å². The van der Waals surface area contributed by atoms with Crippen LogP contribution in [0.5, 0.6) is 0 Å². The summed E-state index contributed by atoms with van der Waals surface area (Å²) in [6.07, 6.45) is 9.91. The van der Waals surface area contributed by atoms with E-state index in [9.17, 15) is 4.79 Å². The number of hydrogen-bond acceptors (Lipinski definition) is 2. The van der Waals surface area contributed by atoms with Gasteiger partial charge in [-0.1, -0.05) is 42.5 Å². The van der Waals surface area contributed by atoms with E-state index in [-0.39, 0.29) is 17.7 Å². The lowest BCUT2D eigenvalue weighted by atomic mass is 9.83. The summed E-state index contributed by atoms with van der Waals surface area (Å²) in [5, 5.41) is 0. The molecule has 18 heavy (non-hydrogen) atoms. The molecule has 2 aliphatic rings. The lowest BCUT2D eigenvalue weighted by molar-refractivity contribution is -0.117. The number of ketones is 1. The highest BCUT2D eigenvalue weighted by Crippen LogP contribution is 2.34. The van der Waals surface area contributed by atoms with Gasteiger partial charge in [-0.2, -0.15) is 0 Å². The van der Waals surface area contributed by atoms with Crippen molar-refractivity contribution >= 4 is 5.78 Å². The Morgan fingerprint density at radius 1 is 1.11 bits per heavy atom. The summed E-state index contributed by atoms with van der Waals surface area (Å²) in [5.41, 5.74) is 2.10. The maximum atomic E-state index is 12.3. The second-order valence-electron chi connectivity index (χ2n) is 4.70. The fraction of sp³-hybridized carbons (Fsp3) is 0.188. The van der Waals surface area contributed by atoms with Gasteiger partial charge in [0.1, 0.15) is 0 Å². The second kappa shape index (κ2) is 4.30. The molecule has 0 amide bonds. The Hall–Kier alpha value is -2.09. The van der Waals surface area contributed by atoms with Crippen LogP contribution in [-0.2, 0) is 4.79 Å². The highest BCUT2D eigenvalue weighted by molar-refractivity contribution is 5.97. The largest absolute Gasteiger partial charge is 0.344 e. The van der Waals surface area contributed by atoms with Gasteiger partial charge in [0.05, 0.1) is 12.0 Å². The number of fused-ring (bicyclic) bond motifs is 1. The zero-order valence-electron chi connectivity index (χ0n) is 10.3. The first kappa shape index (κ1) is 11.0. The SMILES string of the molecule is CC1=CC(=O)C(c2ccccc2)C2C=CC=CN12. The normalized spacial score (nSPS) is 25.9. The molecule has 0 spiro atoms. The van der Waals surface area contributed by atoms with Gasteiger partial charge in [-0.05, 0) is 18.6 Å². The Kier molecular flexibility index (Phi) is 2.63. The molecule has 0 aliphatic carbocycles. The molecule has 0 N–H and O–H groups in total. The Morgan fingerprint density at radius 2 is 1.89 bits per heavy atom. The minimum Gasteiger partial charge on any atom is -0.344 e. The number of hydrogen-bond donors (Lipinski definition) is 0. The fourth-order valence-electron chi connectivity index (χ4n) is 2.70. The summed E-state index contributed by atoms with van der Waals surface area (Å²) in [6, 6.07) is 10.1. The van der Waals surface area contributed by atoms with Crippen LogP contribution in [0, 0.1) is 0 Å². The number of carbonyl (C=O) groups excluding carboxylic acids is 1. The fourth-order valence-corrected chi connectivity index (χ4v) is 2.70. The van der Waals surface area contributed by atoms with Crippen LogP contribution < -0.4 is 0 Å². The first-order valence-electron chi connectivity index (χ1n) is 6.18. The van der Waals surface area contributed by atoms with E-state index in [1.54, 1.807) is 6.08 Å². The number of nitrogens with zero attached hydrogens (tertiary/aromatic N) is 1. The molecule has 0 aromatic heterocycles. The third kappa shape index (κ3) is 1.70. The van der Waals surface area contributed by atoms with Crippen molar-refractivity contribution in [2.24, 2.45) is 0 Å². The van der Waals surface area contributed by atoms with E-state index in [4.69, 9.17) is 0 Å². The lowest BCUT2D eigenvalue weighted by Gasteiger charge is -2.39. The van der Waals surface area contributed by atoms with Gasteiger partial charge in [0, 0.05) is 18.0 Å². The van der Waals surface area contributed by atoms with Gasteiger partial charge in [0.2, 0.25) is 0 Å². The quantitative estimate of drug-likeness (QED) is 0.748. The van der Waals surface area contributed by atoms with Crippen LogP contribution in [0.1, 0.15) is 18.4 Å². The molecule has 1 aromatic rings. The van der Waals surface area contributed by atoms with Crippen LogP contribution in [0.4, 0.5) is 0 Å². The van der Waals surface area contributed by atoms with Gasteiger partial charge in [-0.15, -0.1) is 0 Å². The van der Waals surface area contributed by atoms with E-state index >= 15 is 0 Å². The second-order valence-corrected chi connectivity index (χ2v) is 4.70. The minimum atomic E-state index is -0.101. The summed E-state index contributed by atoms with van der Waals surface area (Å²) >= 11 is 0. The molecule has 2 aliphatic heterocycles. The smallest absolute Gasteiger partial charge is 0.167 e. The molecular formula is C16H15NO. The Bertz CT molecular complexity index is 554. The summed E-state index contributed by atoms with van der Waals surface area (Å²) in [6.45, 7) is 1.98. The number of carbonyl (C=O) groups is 1. The summed E-state index contributed by atoms with van der Waals surface area (Å²) in [5.74, 6) is 0.0935. The summed E-state index contributed by atoms with van der Waals surface area (Å²) < 4.78 is 0.